The molecule has 1 aliphatic heterocycles. The third-order valence-electron chi connectivity index (χ3n) is 5.18. The fourth-order valence-corrected chi connectivity index (χ4v) is 3.92. The molecule has 24 heavy (non-hydrogen) atoms. The van der Waals surface area contributed by atoms with Crippen LogP contribution in [-0.2, 0) is 4.79 Å². The fourth-order valence-electron chi connectivity index (χ4n) is 3.73. The second-order valence-electron chi connectivity index (χ2n) is 6.89. The van der Waals surface area contributed by atoms with Crippen molar-refractivity contribution in [3.05, 3.63) is 34.9 Å². The summed E-state index contributed by atoms with van der Waals surface area (Å²) in [6, 6.07) is 7.04. The summed E-state index contributed by atoms with van der Waals surface area (Å²) in [6.07, 6.45) is 6.91. The van der Waals surface area contributed by atoms with Gasteiger partial charge in [-0.1, -0.05) is 36.9 Å². The van der Waals surface area contributed by atoms with E-state index in [1.807, 2.05) is 9.80 Å². The zero-order valence-corrected chi connectivity index (χ0v) is 14.8. The zero-order valence-electron chi connectivity index (χ0n) is 14.0. The molecule has 2 fully saturated rings. The van der Waals surface area contributed by atoms with Crippen molar-refractivity contribution in [2.75, 3.05) is 26.2 Å². The zero-order chi connectivity index (χ0) is 16.9. The minimum Gasteiger partial charge on any atom is -0.339 e. The Balaban J connectivity index is 1.50. The van der Waals surface area contributed by atoms with Crippen LogP contribution in [0.2, 0.25) is 5.02 Å². The maximum Gasteiger partial charge on any atom is 0.254 e. The van der Waals surface area contributed by atoms with Crippen LogP contribution in [0.3, 0.4) is 0 Å². The summed E-state index contributed by atoms with van der Waals surface area (Å²) < 4.78 is 0. The summed E-state index contributed by atoms with van der Waals surface area (Å²) in [4.78, 5) is 28.7. The van der Waals surface area contributed by atoms with E-state index in [1.165, 1.54) is 32.1 Å². The van der Waals surface area contributed by atoms with E-state index in [9.17, 15) is 9.59 Å². The highest BCUT2D eigenvalue weighted by Gasteiger charge is 2.26. The molecule has 0 aromatic heterocycles. The smallest absolute Gasteiger partial charge is 0.254 e. The number of piperazine rings is 1. The van der Waals surface area contributed by atoms with E-state index in [4.69, 9.17) is 11.6 Å². The van der Waals surface area contributed by atoms with Crippen LogP contribution in [0.15, 0.2) is 24.3 Å². The van der Waals surface area contributed by atoms with Crippen LogP contribution in [0.1, 0.15) is 48.9 Å². The van der Waals surface area contributed by atoms with E-state index in [0.717, 1.165) is 0 Å². The molecular weight excluding hydrogens is 324 g/mol. The largest absolute Gasteiger partial charge is 0.339 e. The number of carbonyl (C=O) groups is 2. The highest BCUT2D eigenvalue weighted by atomic mass is 35.5. The second-order valence-corrected chi connectivity index (χ2v) is 7.33. The number of carbonyl (C=O) groups excluding carboxylic acids is 2. The van der Waals surface area contributed by atoms with Crippen molar-refractivity contribution in [3.63, 3.8) is 0 Å². The Hall–Kier alpha value is -1.55. The fraction of sp³-hybridized carbons (Fsp3) is 0.579. The summed E-state index contributed by atoms with van der Waals surface area (Å²) in [5.41, 5.74) is 0.615. The lowest BCUT2D eigenvalue weighted by Gasteiger charge is -2.35. The molecule has 1 saturated heterocycles. The van der Waals surface area contributed by atoms with E-state index in [1.54, 1.807) is 24.3 Å². The van der Waals surface area contributed by atoms with Gasteiger partial charge in [-0.15, -0.1) is 0 Å². The number of hydrogen-bond acceptors (Lipinski definition) is 2. The van der Waals surface area contributed by atoms with Crippen LogP contribution >= 0.6 is 11.6 Å². The number of rotatable bonds is 3. The van der Waals surface area contributed by atoms with Gasteiger partial charge in [0.05, 0.1) is 0 Å². The molecule has 0 atom stereocenters. The van der Waals surface area contributed by atoms with Gasteiger partial charge < -0.3 is 9.80 Å². The van der Waals surface area contributed by atoms with Crippen LogP contribution in [0.5, 0.6) is 0 Å². The van der Waals surface area contributed by atoms with Crippen molar-refractivity contribution >= 4 is 23.4 Å². The standard InChI is InChI=1S/C19H25ClN2O2/c20-17-8-4-7-16(14-17)19(24)22-11-9-21(10-12-22)18(23)13-15-5-2-1-3-6-15/h4,7-8,14-15H,1-3,5-6,9-13H2. The molecule has 1 saturated carbocycles. The lowest BCUT2D eigenvalue weighted by atomic mass is 9.86. The van der Waals surface area contributed by atoms with Crippen molar-refractivity contribution < 1.29 is 9.59 Å². The molecule has 0 unspecified atom stereocenters. The minimum atomic E-state index is -0.00289. The van der Waals surface area contributed by atoms with Crippen LogP contribution in [-0.4, -0.2) is 47.8 Å². The minimum absolute atomic E-state index is 0.00289. The van der Waals surface area contributed by atoms with Gasteiger partial charge in [0.1, 0.15) is 0 Å². The molecule has 1 aliphatic carbocycles. The monoisotopic (exact) mass is 348 g/mol. The van der Waals surface area contributed by atoms with Gasteiger partial charge in [-0.25, -0.2) is 0 Å². The first-order chi connectivity index (χ1) is 11.6. The average molecular weight is 349 g/mol. The lowest BCUT2D eigenvalue weighted by molar-refractivity contribution is -0.133. The quantitative estimate of drug-likeness (QED) is 0.837. The molecule has 1 aromatic rings. The van der Waals surface area contributed by atoms with Gasteiger partial charge in [-0.2, -0.15) is 0 Å². The Morgan fingerprint density at radius 3 is 2.33 bits per heavy atom. The van der Waals surface area contributed by atoms with Crippen molar-refractivity contribution in [3.8, 4) is 0 Å². The summed E-state index contributed by atoms with van der Waals surface area (Å²) in [7, 11) is 0. The van der Waals surface area contributed by atoms with E-state index < -0.39 is 0 Å². The molecule has 2 amide bonds. The van der Waals surface area contributed by atoms with Gasteiger partial charge in [0, 0.05) is 43.2 Å². The molecule has 0 N–H and O–H groups in total. The van der Waals surface area contributed by atoms with Crippen molar-refractivity contribution in [2.45, 2.75) is 38.5 Å². The van der Waals surface area contributed by atoms with Crippen molar-refractivity contribution in [1.82, 2.24) is 9.80 Å². The summed E-state index contributed by atoms with van der Waals surface area (Å²) in [6.45, 7) is 2.47. The van der Waals surface area contributed by atoms with Gasteiger partial charge in [0.2, 0.25) is 5.91 Å². The Bertz CT molecular complexity index is 591. The van der Waals surface area contributed by atoms with Crippen molar-refractivity contribution in [1.29, 1.82) is 0 Å². The van der Waals surface area contributed by atoms with Gasteiger partial charge >= 0.3 is 0 Å². The van der Waals surface area contributed by atoms with E-state index in [0.29, 0.717) is 49.1 Å². The van der Waals surface area contributed by atoms with Gasteiger partial charge in [-0.3, -0.25) is 9.59 Å². The van der Waals surface area contributed by atoms with Crippen LogP contribution in [0, 0.1) is 5.92 Å². The van der Waals surface area contributed by atoms with Crippen LogP contribution in [0.4, 0.5) is 0 Å². The first-order valence-electron chi connectivity index (χ1n) is 8.96. The Morgan fingerprint density at radius 1 is 1.00 bits per heavy atom. The molecule has 3 rings (SSSR count). The number of halogens is 1. The SMILES string of the molecule is O=C(CC1CCCCC1)N1CCN(C(=O)c2cccc(Cl)c2)CC1. The number of nitrogens with zero attached hydrogens (tertiary/aromatic N) is 2. The molecule has 1 aromatic carbocycles. The topological polar surface area (TPSA) is 40.6 Å². The highest BCUT2D eigenvalue weighted by Crippen LogP contribution is 2.27. The predicted octanol–water partition coefficient (Wildman–Crippen LogP) is 3.59. The Kier molecular flexibility index (Phi) is 5.77. The highest BCUT2D eigenvalue weighted by molar-refractivity contribution is 6.30. The molecule has 0 bridgehead atoms. The number of hydrogen-bond donors (Lipinski definition) is 0. The molecular formula is C19H25ClN2O2. The summed E-state index contributed by atoms with van der Waals surface area (Å²) in [5.74, 6) is 0.825. The molecule has 1 heterocycles. The molecule has 0 spiro atoms. The van der Waals surface area contributed by atoms with Crippen LogP contribution < -0.4 is 0 Å². The summed E-state index contributed by atoms with van der Waals surface area (Å²) in [5, 5.41) is 0.571. The Morgan fingerprint density at radius 2 is 1.67 bits per heavy atom. The first-order valence-corrected chi connectivity index (χ1v) is 9.34. The number of benzene rings is 1. The van der Waals surface area contributed by atoms with Gasteiger partial charge in [0.25, 0.3) is 5.91 Å². The molecule has 2 aliphatic rings. The number of amides is 2. The average Bonchev–Trinajstić information content (AvgIpc) is 2.62. The molecule has 5 heteroatoms. The van der Waals surface area contributed by atoms with Crippen molar-refractivity contribution in [2.24, 2.45) is 5.92 Å². The molecule has 4 nitrogen and oxygen atoms in total. The van der Waals surface area contributed by atoms with E-state index in [2.05, 4.69) is 0 Å². The third kappa shape index (κ3) is 4.29. The lowest BCUT2D eigenvalue weighted by Crippen LogP contribution is -2.50. The maximum atomic E-state index is 12.5. The second kappa shape index (κ2) is 8.02. The van der Waals surface area contributed by atoms with Gasteiger partial charge in [0.15, 0.2) is 0 Å². The first kappa shape index (κ1) is 17.3. The van der Waals surface area contributed by atoms with Gasteiger partial charge in [-0.05, 0) is 37.0 Å². The third-order valence-corrected chi connectivity index (χ3v) is 5.41. The normalized spacial score (nSPS) is 19.4. The molecule has 0 radical (unpaired) electrons. The predicted molar refractivity (Wildman–Crippen MR) is 95.1 cm³/mol. The summed E-state index contributed by atoms with van der Waals surface area (Å²) >= 11 is 5.96. The van der Waals surface area contributed by atoms with E-state index >= 15 is 0 Å². The van der Waals surface area contributed by atoms with E-state index in [-0.39, 0.29) is 11.8 Å². The maximum absolute atomic E-state index is 12.5. The Labute approximate surface area is 148 Å². The van der Waals surface area contributed by atoms with Crippen LogP contribution in [0.25, 0.3) is 0 Å². The molecule has 130 valence electrons.